The Hall–Kier alpha value is -1.74. The lowest BCUT2D eigenvalue weighted by Gasteiger charge is -2.23. The second-order valence-electron chi connectivity index (χ2n) is 7.21. The zero-order valence-electron chi connectivity index (χ0n) is 14.1. The minimum atomic E-state index is -0.0418. The van der Waals surface area contributed by atoms with E-state index in [9.17, 15) is 4.79 Å². The Balaban J connectivity index is 1.77. The Kier molecular flexibility index (Phi) is 4.24. The summed E-state index contributed by atoms with van der Waals surface area (Å²) in [6.07, 6.45) is 0.809. The van der Waals surface area contributed by atoms with E-state index in [1.54, 1.807) is 11.8 Å². The highest BCUT2D eigenvalue weighted by Crippen LogP contribution is 2.38. The van der Waals surface area contributed by atoms with Crippen LogP contribution in [0.25, 0.3) is 0 Å². The van der Waals surface area contributed by atoms with Crippen molar-refractivity contribution in [3.05, 3.63) is 59.2 Å². The summed E-state index contributed by atoms with van der Waals surface area (Å²) in [7, 11) is 0. The van der Waals surface area contributed by atoms with Crippen LogP contribution in [0, 0.1) is 6.92 Å². The second-order valence-corrected chi connectivity index (χ2v) is 8.45. The highest BCUT2D eigenvalue weighted by molar-refractivity contribution is 8.01. The maximum atomic E-state index is 12.7. The van der Waals surface area contributed by atoms with Gasteiger partial charge in [0.2, 0.25) is 5.91 Å². The van der Waals surface area contributed by atoms with E-state index in [4.69, 9.17) is 0 Å². The van der Waals surface area contributed by atoms with Gasteiger partial charge in [0, 0.05) is 10.6 Å². The third-order valence-electron chi connectivity index (χ3n) is 4.18. The number of hydrogen-bond acceptors (Lipinski definition) is 2. The molecule has 0 bridgehead atoms. The highest BCUT2D eigenvalue weighted by atomic mass is 32.2. The van der Waals surface area contributed by atoms with Gasteiger partial charge in [0.1, 0.15) is 0 Å². The van der Waals surface area contributed by atoms with Crippen molar-refractivity contribution in [1.29, 1.82) is 0 Å². The van der Waals surface area contributed by atoms with Gasteiger partial charge in [-0.2, -0.15) is 0 Å². The summed E-state index contributed by atoms with van der Waals surface area (Å²) in [6.45, 7) is 8.59. The van der Waals surface area contributed by atoms with Crippen molar-refractivity contribution in [2.24, 2.45) is 0 Å². The smallest absolute Gasteiger partial charge is 0.238 e. The van der Waals surface area contributed by atoms with Crippen molar-refractivity contribution in [1.82, 2.24) is 0 Å². The number of carbonyl (C=O) groups is 1. The molecule has 3 heteroatoms. The van der Waals surface area contributed by atoms with E-state index in [2.05, 4.69) is 57.3 Å². The van der Waals surface area contributed by atoms with E-state index in [1.165, 1.54) is 21.6 Å². The Labute approximate surface area is 142 Å². The van der Waals surface area contributed by atoms with Gasteiger partial charge in [-0.3, -0.25) is 4.79 Å². The number of thioether (sulfide) groups is 1. The maximum Gasteiger partial charge on any atom is 0.238 e. The number of carbonyl (C=O) groups excluding carboxylic acids is 1. The fraction of sp³-hybridized carbons (Fsp3) is 0.350. The van der Waals surface area contributed by atoms with Gasteiger partial charge in [-0.25, -0.2) is 0 Å². The van der Waals surface area contributed by atoms with Crippen LogP contribution in [0.4, 0.5) is 5.69 Å². The van der Waals surface area contributed by atoms with Crippen molar-refractivity contribution in [2.45, 2.75) is 49.7 Å². The first-order valence-electron chi connectivity index (χ1n) is 8.01. The molecular weight excluding hydrogens is 302 g/mol. The van der Waals surface area contributed by atoms with Crippen molar-refractivity contribution in [3.8, 4) is 0 Å². The molecule has 0 fully saturated rings. The van der Waals surface area contributed by atoms with Gasteiger partial charge >= 0.3 is 0 Å². The van der Waals surface area contributed by atoms with Gasteiger partial charge < -0.3 is 5.32 Å². The molecule has 1 atom stereocenters. The van der Waals surface area contributed by atoms with Gasteiger partial charge in [-0.1, -0.05) is 56.7 Å². The Morgan fingerprint density at radius 1 is 1.17 bits per heavy atom. The van der Waals surface area contributed by atoms with Crippen LogP contribution in [0.1, 0.15) is 37.5 Å². The van der Waals surface area contributed by atoms with Gasteiger partial charge in [0.25, 0.3) is 0 Å². The highest BCUT2D eigenvalue weighted by Gasteiger charge is 2.29. The van der Waals surface area contributed by atoms with Crippen LogP contribution in [0.3, 0.4) is 0 Å². The maximum absolute atomic E-state index is 12.7. The Morgan fingerprint density at radius 3 is 2.65 bits per heavy atom. The summed E-state index contributed by atoms with van der Waals surface area (Å²) in [4.78, 5) is 14.0. The van der Waals surface area contributed by atoms with E-state index in [1.807, 2.05) is 18.2 Å². The third-order valence-corrected chi connectivity index (χ3v) is 5.48. The number of para-hydroxylation sites is 1. The molecule has 120 valence electrons. The summed E-state index contributed by atoms with van der Waals surface area (Å²) in [5.41, 5.74) is 4.63. The molecule has 1 aliphatic heterocycles. The average Bonchev–Trinajstić information content (AvgIpc) is 2.89. The standard InChI is InChI=1S/C20H23NOS/c1-13-9-10-14-12-18(23-17(14)11-13)19(22)21-16-8-6-5-7-15(16)20(2,3)4/h5-11,18H,12H2,1-4H3,(H,21,22). The number of anilines is 1. The molecule has 0 spiro atoms. The first kappa shape index (κ1) is 16.1. The predicted octanol–water partition coefficient (Wildman–Crippen LogP) is 4.95. The van der Waals surface area contributed by atoms with Crippen LogP contribution in [-0.2, 0) is 16.6 Å². The molecule has 2 nitrogen and oxygen atoms in total. The summed E-state index contributed by atoms with van der Waals surface area (Å²) >= 11 is 1.68. The van der Waals surface area contributed by atoms with Crippen LogP contribution < -0.4 is 5.32 Å². The summed E-state index contributed by atoms with van der Waals surface area (Å²) in [5, 5.41) is 3.11. The molecule has 1 heterocycles. The lowest BCUT2D eigenvalue weighted by molar-refractivity contribution is -0.115. The predicted molar refractivity (Wildman–Crippen MR) is 98.3 cm³/mol. The van der Waals surface area contributed by atoms with Crippen molar-refractivity contribution in [2.75, 3.05) is 5.32 Å². The molecule has 1 N–H and O–H groups in total. The van der Waals surface area contributed by atoms with Crippen LogP contribution in [-0.4, -0.2) is 11.2 Å². The average molecular weight is 325 g/mol. The lowest BCUT2D eigenvalue weighted by atomic mass is 9.86. The van der Waals surface area contributed by atoms with Crippen LogP contribution in [0.15, 0.2) is 47.4 Å². The van der Waals surface area contributed by atoms with Crippen molar-refractivity contribution < 1.29 is 4.79 Å². The quantitative estimate of drug-likeness (QED) is 0.846. The van der Waals surface area contributed by atoms with Gasteiger partial charge in [-0.05, 0) is 42.0 Å². The number of rotatable bonds is 2. The fourth-order valence-corrected chi connectivity index (χ4v) is 4.23. The number of aryl methyl sites for hydroxylation is 1. The number of amides is 1. The molecular formula is C20H23NOS. The fourth-order valence-electron chi connectivity index (χ4n) is 2.94. The van der Waals surface area contributed by atoms with E-state index in [0.29, 0.717) is 0 Å². The molecule has 0 saturated carbocycles. The molecule has 3 rings (SSSR count). The van der Waals surface area contributed by atoms with Gasteiger partial charge in [0.05, 0.1) is 5.25 Å². The third kappa shape index (κ3) is 3.45. The van der Waals surface area contributed by atoms with Crippen molar-refractivity contribution >= 4 is 23.4 Å². The number of nitrogens with one attached hydrogen (secondary N) is 1. The van der Waals surface area contributed by atoms with Crippen molar-refractivity contribution in [3.63, 3.8) is 0 Å². The zero-order valence-corrected chi connectivity index (χ0v) is 15.0. The molecule has 1 amide bonds. The van der Waals surface area contributed by atoms with E-state index >= 15 is 0 Å². The van der Waals surface area contributed by atoms with Crippen LogP contribution >= 0.6 is 11.8 Å². The zero-order chi connectivity index (χ0) is 16.6. The molecule has 0 aliphatic carbocycles. The Bertz CT molecular complexity index is 746. The first-order chi connectivity index (χ1) is 10.8. The molecule has 0 radical (unpaired) electrons. The normalized spacial score (nSPS) is 17.0. The van der Waals surface area contributed by atoms with E-state index in [-0.39, 0.29) is 16.6 Å². The monoisotopic (exact) mass is 325 g/mol. The Morgan fingerprint density at radius 2 is 1.91 bits per heavy atom. The first-order valence-corrected chi connectivity index (χ1v) is 8.89. The molecule has 1 unspecified atom stereocenters. The van der Waals surface area contributed by atoms with Gasteiger partial charge in [0.15, 0.2) is 0 Å². The second kappa shape index (κ2) is 6.04. The number of fused-ring (bicyclic) bond motifs is 1. The molecule has 23 heavy (non-hydrogen) atoms. The van der Waals surface area contributed by atoms with E-state index < -0.39 is 0 Å². The molecule has 0 saturated heterocycles. The summed E-state index contributed by atoms with van der Waals surface area (Å²) < 4.78 is 0. The topological polar surface area (TPSA) is 29.1 Å². The van der Waals surface area contributed by atoms with Crippen LogP contribution in [0.2, 0.25) is 0 Å². The molecule has 0 aromatic heterocycles. The number of hydrogen-bond donors (Lipinski definition) is 1. The largest absolute Gasteiger partial charge is 0.325 e. The molecule has 2 aromatic carbocycles. The minimum absolute atomic E-state index is 0.00671. The molecule has 2 aromatic rings. The minimum Gasteiger partial charge on any atom is -0.325 e. The SMILES string of the molecule is Cc1ccc2c(c1)SC(C(=O)Nc1ccccc1C(C)(C)C)C2. The van der Waals surface area contributed by atoms with Gasteiger partial charge in [-0.15, -0.1) is 11.8 Å². The summed E-state index contributed by atoms with van der Waals surface area (Å²) in [6, 6.07) is 14.5. The summed E-state index contributed by atoms with van der Waals surface area (Å²) in [5.74, 6) is 0.0977. The lowest BCUT2D eigenvalue weighted by Crippen LogP contribution is -2.26. The van der Waals surface area contributed by atoms with E-state index in [0.717, 1.165) is 12.1 Å². The van der Waals surface area contributed by atoms with Crippen LogP contribution in [0.5, 0.6) is 0 Å². The molecule has 1 aliphatic rings. The number of benzene rings is 2.